The van der Waals surface area contributed by atoms with Crippen molar-refractivity contribution in [3.8, 4) is 0 Å². The highest BCUT2D eigenvalue weighted by Gasteiger charge is 2.48. The third-order valence-electron chi connectivity index (χ3n) is 3.79. The molecule has 2 atom stereocenters. The maximum absolute atomic E-state index is 12.5. The number of hydrogen-bond acceptors (Lipinski definition) is 5. The van der Waals surface area contributed by atoms with E-state index in [4.69, 9.17) is 4.52 Å². The fraction of sp³-hybridized carbons (Fsp3) is 0.615. The molecule has 0 N–H and O–H groups in total. The van der Waals surface area contributed by atoms with E-state index in [9.17, 15) is 9.59 Å². The van der Waals surface area contributed by atoms with Gasteiger partial charge in [-0.2, -0.15) is 0 Å². The third kappa shape index (κ3) is 2.11. The molecule has 1 aliphatic heterocycles. The lowest BCUT2D eigenvalue weighted by Crippen LogP contribution is -2.44. The van der Waals surface area contributed by atoms with Crippen LogP contribution in [0.2, 0.25) is 0 Å². The van der Waals surface area contributed by atoms with Crippen LogP contribution in [0, 0.1) is 6.92 Å². The molecule has 2 rings (SSSR count). The number of hydrogen-bond donors (Lipinski definition) is 0. The Morgan fingerprint density at radius 2 is 2.32 bits per heavy atom. The van der Waals surface area contributed by atoms with Gasteiger partial charge in [-0.25, -0.2) is 4.79 Å². The average molecular weight is 266 g/mol. The maximum atomic E-state index is 12.5. The van der Waals surface area contributed by atoms with Crippen molar-refractivity contribution >= 4 is 11.9 Å². The largest absolute Gasteiger partial charge is 0.467 e. The van der Waals surface area contributed by atoms with E-state index in [0.29, 0.717) is 24.4 Å². The van der Waals surface area contributed by atoms with Crippen LogP contribution in [0.3, 0.4) is 0 Å². The van der Waals surface area contributed by atoms with Gasteiger partial charge >= 0.3 is 5.97 Å². The van der Waals surface area contributed by atoms with Crippen molar-refractivity contribution in [3.05, 3.63) is 17.5 Å². The second-order valence-electron chi connectivity index (χ2n) is 5.10. The molecule has 1 unspecified atom stereocenters. The van der Waals surface area contributed by atoms with Gasteiger partial charge in [0.2, 0.25) is 5.91 Å². The lowest BCUT2D eigenvalue weighted by Gasteiger charge is -2.25. The number of ether oxygens (including phenoxy) is 1. The van der Waals surface area contributed by atoms with Crippen LogP contribution in [-0.2, 0) is 19.7 Å². The fourth-order valence-electron chi connectivity index (χ4n) is 2.40. The number of likely N-dealkylation sites (tertiary alicyclic amines) is 1. The number of nitrogens with zero attached hydrogens (tertiary/aromatic N) is 2. The standard InChI is InChI=1S/C13H18N2O4/c1-8-7-10(14-19-8)13(3)5-6-15(12(13)17)9(2)11(16)18-4/h7,9H,5-6H2,1-4H3/t9-,13?/m1/s1. The Morgan fingerprint density at radius 3 is 2.84 bits per heavy atom. The first-order chi connectivity index (χ1) is 8.90. The van der Waals surface area contributed by atoms with Gasteiger partial charge in [-0.15, -0.1) is 0 Å². The minimum absolute atomic E-state index is 0.112. The molecule has 19 heavy (non-hydrogen) atoms. The molecular weight excluding hydrogens is 248 g/mol. The predicted molar refractivity (Wildman–Crippen MR) is 66.4 cm³/mol. The molecule has 1 fully saturated rings. The summed E-state index contributed by atoms with van der Waals surface area (Å²) in [5, 5.41) is 3.94. The van der Waals surface area contributed by atoms with E-state index in [1.165, 1.54) is 12.0 Å². The van der Waals surface area contributed by atoms with Crippen LogP contribution in [0.1, 0.15) is 31.7 Å². The van der Waals surface area contributed by atoms with Crippen LogP contribution in [0.4, 0.5) is 0 Å². The van der Waals surface area contributed by atoms with Crippen LogP contribution < -0.4 is 0 Å². The second kappa shape index (κ2) is 4.68. The van der Waals surface area contributed by atoms with E-state index >= 15 is 0 Å². The Kier molecular flexibility index (Phi) is 3.34. The van der Waals surface area contributed by atoms with E-state index in [2.05, 4.69) is 9.89 Å². The molecule has 0 spiro atoms. The molecule has 104 valence electrons. The summed E-state index contributed by atoms with van der Waals surface area (Å²) in [6.07, 6.45) is 0.610. The topological polar surface area (TPSA) is 72.6 Å². The number of esters is 1. The normalized spacial score (nSPS) is 24.6. The molecule has 0 saturated carbocycles. The number of aromatic nitrogens is 1. The van der Waals surface area contributed by atoms with Crippen molar-refractivity contribution in [1.29, 1.82) is 0 Å². The van der Waals surface area contributed by atoms with E-state index in [1.807, 2.05) is 6.92 Å². The van der Waals surface area contributed by atoms with Gasteiger partial charge in [-0.05, 0) is 27.2 Å². The number of carbonyl (C=O) groups is 2. The number of methoxy groups -OCH3 is 1. The van der Waals surface area contributed by atoms with Gasteiger partial charge in [0.05, 0.1) is 18.2 Å². The van der Waals surface area contributed by atoms with Crippen molar-refractivity contribution in [2.45, 2.75) is 38.6 Å². The zero-order valence-electron chi connectivity index (χ0n) is 11.6. The number of carbonyl (C=O) groups excluding carboxylic acids is 2. The smallest absolute Gasteiger partial charge is 0.328 e. The molecule has 1 aromatic rings. The summed E-state index contributed by atoms with van der Waals surface area (Å²) >= 11 is 0. The summed E-state index contributed by atoms with van der Waals surface area (Å²) in [5.41, 5.74) is -0.102. The van der Waals surface area contributed by atoms with E-state index < -0.39 is 17.4 Å². The summed E-state index contributed by atoms with van der Waals surface area (Å²) in [4.78, 5) is 25.6. The van der Waals surface area contributed by atoms with Gasteiger partial charge in [-0.1, -0.05) is 5.16 Å². The van der Waals surface area contributed by atoms with Gasteiger partial charge in [0.25, 0.3) is 0 Å². The van der Waals surface area contributed by atoms with Crippen molar-refractivity contribution in [2.24, 2.45) is 0 Å². The van der Waals surface area contributed by atoms with E-state index in [-0.39, 0.29) is 5.91 Å². The highest BCUT2D eigenvalue weighted by Crippen LogP contribution is 2.36. The molecule has 1 aliphatic rings. The van der Waals surface area contributed by atoms with Gasteiger partial charge < -0.3 is 14.2 Å². The number of rotatable bonds is 3. The first-order valence-corrected chi connectivity index (χ1v) is 6.23. The average Bonchev–Trinajstić information content (AvgIpc) is 2.95. The zero-order chi connectivity index (χ0) is 14.2. The lowest BCUT2D eigenvalue weighted by atomic mass is 9.85. The molecule has 1 saturated heterocycles. The predicted octanol–water partition coefficient (Wildman–Crippen LogP) is 1.03. The maximum Gasteiger partial charge on any atom is 0.328 e. The van der Waals surface area contributed by atoms with Gasteiger partial charge in [0, 0.05) is 12.6 Å². The van der Waals surface area contributed by atoms with E-state index in [1.54, 1.807) is 19.9 Å². The van der Waals surface area contributed by atoms with Crippen LogP contribution >= 0.6 is 0 Å². The summed E-state index contributed by atoms with van der Waals surface area (Å²) in [6.45, 7) is 5.80. The third-order valence-corrected chi connectivity index (χ3v) is 3.79. The Bertz CT molecular complexity index is 510. The highest BCUT2D eigenvalue weighted by molar-refractivity contribution is 5.92. The van der Waals surface area contributed by atoms with Crippen molar-refractivity contribution < 1.29 is 18.8 Å². The van der Waals surface area contributed by atoms with Gasteiger partial charge in [0.15, 0.2) is 0 Å². The second-order valence-corrected chi connectivity index (χ2v) is 5.10. The first kappa shape index (κ1) is 13.6. The van der Waals surface area contributed by atoms with Crippen molar-refractivity contribution in [2.75, 3.05) is 13.7 Å². The van der Waals surface area contributed by atoms with Crippen LogP contribution in [-0.4, -0.2) is 41.6 Å². The summed E-state index contributed by atoms with van der Waals surface area (Å²) in [7, 11) is 1.32. The first-order valence-electron chi connectivity index (χ1n) is 6.23. The Morgan fingerprint density at radius 1 is 1.63 bits per heavy atom. The molecule has 1 aromatic heterocycles. The quantitative estimate of drug-likeness (QED) is 0.764. The Balaban J connectivity index is 2.24. The van der Waals surface area contributed by atoms with Crippen LogP contribution in [0.5, 0.6) is 0 Å². The zero-order valence-corrected chi connectivity index (χ0v) is 11.6. The van der Waals surface area contributed by atoms with Crippen LogP contribution in [0.25, 0.3) is 0 Å². The fourth-order valence-corrected chi connectivity index (χ4v) is 2.40. The molecule has 6 nitrogen and oxygen atoms in total. The molecule has 0 bridgehead atoms. The molecule has 6 heteroatoms. The summed E-state index contributed by atoms with van der Waals surface area (Å²) in [6, 6.07) is 1.19. The van der Waals surface area contributed by atoms with E-state index in [0.717, 1.165) is 0 Å². The molecule has 2 heterocycles. The molecular formula is C13H18N2O4. The summed E-state index contributed by atoms with van der Waals surface area (Å²) < 4.78 is 9.73. The summed E-state index contributed by atoms with van der Waals surface area (Å²) in [5.74, 6) is 0.149. The van der Waals surface area contributed by atoms with Crippen LogP contribution in [0.15, 0.2) is 10.6 Å². The number of amides is 1. The number of aryl methyl sites for hydroxylation is 1. The molecule has 0 aromatic carbocycles. The Hall–Kier alpha value is -1.85. The molecule has 0 radical (unpaired) electrons. The SMILES string of the molecule is COC(=O)[C@@H](C)N1CCC(C)(c2cc(C)on2)C1=O. The minimum atomic E-state index is -0.722. The van der Waals surface area contributed by atoms with Crippen molar-refractivity contribution in [1.82, 2.24) is 10.1 Å². The van der Waals surface area contributed by atoms with Crippen molar-refractivity contribution in [3.63, 3.8) is 0 Å². The Labute approximate surface area is 111 Å². The lowest BCUT2D eigenvalue weighted by molar-refractivity contribution is -0.151. The monoisotopic (exact) mass is 266 g/mol. The minimum Gasteiger partial charge on any atom is -0.467 e. The van der Waals surface area contributed by atoms with Gasteiger partial charge in [-0.3, -0.25) is 4.79 Å². The highest BCUT2D eigenvalue weighted by atomic mass is 16.5. The molecule has 0 aliphatic carbocycles. The molecule has 1 amide bonds. The van der Waals surface area contributed by atoms with Gasteiger partial charge in [0.1, 0.15) is 11.8 Å².